The zero-order valence-corrected chi connectivity index (χ0v) is 13.1. The Hall–Kier alpha value is -1.75. The highest BCUT2D eigenvalue weighted by Crippen LogP contribution is 2.39. The van der Waals surface area contributed by atoms with E-state index in [0.717, 1.165) is 28.4 Å². The average Bonchev–Trinajstić information content (AvgIpc) is 2.85. The Morgan fingerprint density at radius 2 is 1.91 bits per heavy atom. The van der Waals surface area contributed by atoms with Gasteiger partial charge in [0.15, 0.2) is 0 Å². The molecule has 0 aliphatic rings. The van der Waals surface area contributed by atoms with E-state index in [0.29, 0.717) is 16.3 Å². The Kier molecular flexibility index (Phi) is 4.25. The standard InChI is InChI=1S/C17H18ClNO3/c1-2-19-14-6-4-12(18)9-13(14)16-15(19)5-3-11(10-21)17(16)22-8-7-20/h3-6,9,20-21H,2,7-8,10H2,1H3. The molecule has 0 aliphatic carbocycles. The van der Waals surface area contributed by atoms with Crippen LogP contribution in [0.5, 0.6) is 5.75 Å². The fourth-order valence-electron chi connectivity index (χ4n) is 2.95. The van der Waals surface area contributed by atoms with Crippen molar-refractivity contribution in [3.63, 3.8) is 0 Å². The lowest BCUT2D eigenvalue weighted by Crippen LogP contribution is -2.04. The molecule has 0 saturated carbocycles. The monoisotopic (exact) mass is 319 g/mol. The minimum Gasteiger partial charge on any atom is -0.490 e. The Morgan fingerprint density at radius 1 is 1.14 bits per heavy atom. The minimum absolute atomic E-state index is 0.0750. The van der Waals surface area contributed by atoms with Crippen molar-refractivity contribution in [2.24, 2.45) is 0 Å². The van der Waals surface area contributed by atoms with E-state index < -0.39 is 0 Å². The number of hydrogen-bond donors (Lipinski definition) is 2. The van der Waals surface area contributed by atoms with Crippen LogP contribution in [0.15, 0.2) is 30.3 Å². The number of aryl methyl sites for hydroxylation is 1. The first-order valence-electron chi connectivity index (χ1n) is 7.29. The molecule has 0 saturated heterocycles. The van der Waals surface area contributed by atoms with E-state index in [2.05, 4.69) is 11.5 Å². The van der Waals surface area contributed by atoms with Gasteiger partial charge in [-0.25, -0.2) is 0 Å². The Bertz CT molecular complexity index is 826. The van der Waals surface area contributed by atoms with Gasteiger partial charge >= 0.3 is 0 Å². The summed E-state index contributed by atoms with van der Waals surface area (Å²) >= 11 is 6.16. The maximum absolute atomic E-state index is 9.59. The highest BCUT2D eigenvalue weighted by molar-refractivity contribution is 6.32. The molecule has 3 aromatic rings. The van der Waals surface area contributed by atoms with E-state index in [-0.39, 0.29) is 19.8 Å². The number of fused-ring (bicyclic) bond motifs is 3. The van der Waals surface area contributed by atoms with Gasteiger partial charge in [-0.3, -0.25) is 0 Å². The van der Waals surface area contributed by atoms with Gasteiger partial charge in [0.25, 0.3) is 0 Å². The third-order valence-electron chi connectivity index (χ3n) is 3.85. The lowest BCUT2D eigenvalue weighted by atomic mass is 10.1. The van der Waals surface area contributed by atoms with Crippen LogP contribution in [0, 0.1) is 0 Å². The van der Waals surface area contributed by atoms with Crippen LogP contribution in [0.2, 0.25) is 5.02 Å². The normalized spacial score (nSPS) is 11.5. The fourth-order valence-corrected chi connectivity index (χ4v) is 3.12. The summed E-state index contributed by atoms with van der Waals surface area (Å²) in [5.74, 6) is 0.619. The molecule has 3 rings (SSSR count). The quantitative estimate of drug-likeness (QED) is 0.758. The first-order valence-corrected chi connectivity index (χ1v) is 7.67. The summed E-state index contributed by atoms with van der Waals surface area (Å²) in [7, 11) is 0. The topological polar surface area (TPSA) is 54.6 Å². The SMILES string of the molecule is CCn1c2ccc(Cl)cc2c2c(OCCO)c(CO)ccc21. The first-order chi connectivity index (χ1) is 10.7. The van der Waals surface area contributed by atoms with Crippen LogP contribution in [0.4, 0.5) is 0 Å². The molecule has 2 N–H and O–H groups in total. The zero-order valence-electron chi connectivity index (χ0n) is 12.3. The van der Waals surface area contributed by atoms with E-state index in [4.69, 9.17) is 21.4 Å². The summed E-state index contributed by atoms with van der Waals surface area (Å²) in [6.45, 7) is 2.90. The molecule has 0 aliphatic heterocycles. The van der Waals surface area contributed by atoms with Crippen LogP contribution < -0.4 is 4.74 Å². The van der Waals surface area contributed by atoms with Gasteiger partial charge < -0.3 is 19.5 Å². The van der Waals surface area contributed by atoms with Crippen LogP contribution in [0.25, 0.3) is 21.8 Å². The van der Waals surface area contributed by atoms with Gasteiger partial charge in [0.2, 0.25) is 0 Å². The van der Waals surface area contributed by atoms with E-state index in [1.807, 2.05) is 30.3 Å². The Labute approximate surface area is 133 Å². The summed E-state index contributed by atoms with van der Waals surface area (Å²) < 4.78 is 7.92. The van der Waals surface area contributed by atoms with E-state index in [1.54, 1.807) is 0 Å². The molecular weight excluding hydrogens is 302 g/mol. The smallest absolute Gasteiger partial charge is 0.134 e. The molecule has 0 fully saturated rings. The van der Waals surface area contributed by atoms with Gasteiger partial charge in [-0.15, -0.1) is 0 Å². The van der Waals surface area contributed by atoms with E-state index >= 15 is 0 Å². The summed E-state index contributed by atoms with van der Waals surface area (Å²) in [4.78, 5) is 0. The van der Waals surface area contributed by atoms with Crippen LogP contribution >= 0.6 is 11.6 Å². The fraction of sp³-hybridized carbons (Fsp3) is 0.294. The number of ether oxygens (including phenoxy) is 1. The number of aliphatic hydroxyl groups is 2. The predicted molar refractivity (Wildman–Crippen MR) is 88.6 cm³/mol. The second kappa shape index (κ2) is 6.16. The molecular formula is C17H18ClNO3. The molecule has 1 aromatic heterocycles. The number of benzene rings is 2. The molecule has 0 radical (unpaired) electrons. The van der Waals surface area contributed by atoms with Gasteiger partial charge in [-0.2, -0.15) is 0 Å². The van der Waals surface area contributed by atoms with Crippen LogP contribution in [0.3, 0.4) is 0 Å². The average molecular weight is 320 g/mol. The predicted octanol–water partition coefficient (Wildman–Crippen LogP) is 3.33. The van der Waals surface area contributed by atoms with Crippen molar-refractivity contribution >= 4 is 33.4 Å². The van der Waals surface area contributed by atoms with Crippen molar-refractivity contribution in [1.29, 1.82) is 0 Å². The zero-order chi connectivity index (χ0) is 15.7. The lowest BCUT2D eigenvalue weighted by molar-refractivity contribution is 0.197. The molecule has 0 amide bonds. The second-order valence-electron chi connectivity index (χ2n) is 5.08. The van der Waals surface area contributed by atoms with Gasteiger partial charge in [-0.05, 0) is 31.2 Å². The van der Waals surface area contributed by atoms with Crippen LogP contribution in [0.1, 0.15) is 12.5 Å². The van der Waals surface area contributed by atoms with Crippen molar-refractivity contribution in [3.05, 3.63) is 40.9 Å². The molecule has 22 heavy (non-hydrogen) atoms. The lowest BCUT2D eigenvalue weighted by Gasteiger charge is -2.11. The van der Waals surface area contributed by atoms with Gasteiger partial charge in [0, 0.05) is 28.0 Å². The highest BCUT2D eigenvalue weighted by atomic mass is 35.5. The number of halogens is 1. The van der Waals surface area contributed by atoms with Crippen LogP contribution in [-0.2, 0) is 13.2 Å². The van der Waals surface area contributed by atoms with Crippen LogP contribution in [-0.4, -0.2) is 28.0 Å². The molecule has 4 nitrogen and oxygen atoms in total. The van der Waals surface area contributed by atoms with Gasteiger partial charge in [0.1, 0.15) is 12.4 Å². The number of rotatable bonds is 5. The van der Waals surface area contributed by atoms with Crippen molar-refractivity contribution in [3.8, 4) is 5.75 Å². The number of nitrogens with zero attached hydrogens (tertiary/aromatic N) is 1. The largest absolute Gasteiger partial charge is 0.490 e. The van der Waals surface area contributed by atoms with Crippen molar-refractivity contribution in [2.45, 2.75) is 20.1 Å². The third kappa shape index (κ3) is 2.33. The molecule has 0 spiro atoms. The van der Waals surface area contributed by atoms with Crippen molar-refractivity contribution in [1.82, 2.24) is 4.57 Å². The molecule has 0 bridgehead atoms. The second-order valence-corrected chi connectivity index (χ2v) is 5.52. The molecule has 2 aromatic carbocycles. The Balaban J connectivity index is 2.42. The molecule has 116 valence electrons. The number of hydrogen-bond acceptors (Lipinski definition) is 3. The van der Waals surface area contributed by atoms with Gasteiger partial charge in [-0.1, -0.05) is 17.7 Å². The summed E-state index contributed by atoms with van der Waals surface area (Å²) in [5, 5.41) is 21.2. The van der Waals surface area contributed by atoms with Crippen molar-refractivity contribution < 1.29 is 14.9 Å². The van der Waals surface area contributed by atoms with Crippen molar-refractivity contribution in [2.75, 3.05) is 13.2 Å². The van der Waals surface area contributed by atoms with E-state index in [1.165, 1.54) is 0 Å². The van der Waals surface area contributed by atoms with E-state index in [9.17, 15) is 5.11 Å². The number of aromatic nitrogens is 1. The summed E-state index contributed by atoms with van der Waals surface area (Å²) in [6, 6.07) is 9.63. The molecule has 5 heteroatoms. The molecule has 1 heterocycles. The molecule has 0 unspecified atom stereocenters. The molecule has 0 atom stereocenters. The van der Waals surface area contributed by atoms with Gasteiger partial charge in [0.05, 0.1) is 24.1 Å². The maximum Gasteiger partial charge on any atom is 0.134 e. The Morgan fingerprint density at radius 3 is 2.59 bits per heavy atom. The maximum atomic E-state index is 9.59. The summed E-state index contributed by atoms with van der Waals surface area (Å²) in [6.07, 6.45) is 0. The summed E-state index contributed by atoms with van der Waals surface area (Å²) in [5.41, 5.74) is 2.81. The third-order valence-corrected chi connectivity index (χ3v) is 4.09. The number of aliphatic hydroxyl groups excluding tert-OH is 2. The minimum atomic E-state index is -0.115. The highest BCUT2D eigenvalue weighted by Gasteiger charge is 2.17. The first kappa shape index (κ1) is 15.2.